The molecule has 0 amide bonds. The first-order chi connectivity index (χ1) is 19.2. The maximum Gasteiger partial charge on any atom is 0.416 e. The Labute approximate surface area is 239 Å². The molecule has 0 fully saturated rings. The topological polar surface area (TPSA) is 75.6 Å². The summed E-state index contributed by atoms with van der Waals surface area (Å²) in [5, 5.41) is 11.6. The zero-order valence-corrected chi connectivity index (χ0v) is 23.1. The van der Waals surface area contributed by atoms with Crippen molar-refractivity contribution in [1.82, 2.24) is 0 Å². The fourth-order valence-corrected chi connectivity index (χ4v) is 4.53. The molecule has 0 saturated carbocycles. The number of carbonyl (C=O) groups excluding carboxylic acids is 1. The molecule has 0 aliphatic carbocycles. The highest BCUT2D eigenvalue weighted by Crippen LogP contribution is 2.38. The quantitative estimate of drug-likeness (QED) is 0.152. The number of ether oxygens (including phenoxy) is 1. The molecule has 41 heavy (non-hydrogen) atoms. The van der Waals surface area contributed by atoms with E-state index in [-0.39, 0.29) is 54.9 Å². The number of ketones is 1. The number of hydrogen-bond donors (Lipinski definition) is 2. The van der Waals surface area contributed by atoms with Gasteiger partial charge in [0.05, 0.1) is 17.2 Å². The van der Waals surface area contributed by atoms with Gasteiger partial charge in [-0.2, -0.15) is 13.2 Å². The number of hydrogen-bond acceptors (Lipinski definition) is 4. The second kappa shape index (κ2) is 13.8. The molecule has 1 atom stereocenters. The lowest BCUT2D eigenvalue weighted by Gasteiger charge is -2.22. The smallest absolute Gasteiger partial charge is 0.416 e. The molecule has 0 aromatic heterocycles. The largest absolute Gasteiger partial charge is 0.491 e. The molecule has 5 nitrogen and oxygen atoms in total. The molecule has 0 spiro atoms. The second-order valence-electron chi connectivity index (χ2n) is 9.98. The molecule has 0 aliphatic rings. The lowest BCUT2D eigenvalue weighted by Crippen LogP contribution is -2.28. The van der Waals surface area contributed by atoms with E-state index in [9.17, 15) is 31.5 Å². The number of Topliss-reactive ketones (excluding diaryl/α,β-unsaturated/α-hetero) is 1. The third-order valence-corrected chi connectivity index (χ3v) is 6.47. The molecule has 2 N–H and O–H groups in total. The normalized spacial score (nSPS) is 12.3. The zero-order valence-electron chi connectivity index (χ0n) is 22.3. The second-order valence-corrected chi connectivity index (χ2v) is 10.4. The Morgan fingerprint density at radius 1 is 0.976 bits per heavy atom. The van der Waals surface area contributed by atoms with Gasteiger partial charge < -0.3 is 15.2 Å². The number of benzene rings is 3. The third kappa shape index (κ3) is 9.18. The van der Waals surface area contributed by atoms with E-state index in [1.807, 2.05) is 13.8 Å². The van der Waals surface area contributed by atoms with Gasteiger partial charge in [0.15, 0.2) is 5.78 Å². The van der Waals surface area contributed by atoms with Crippen LogP contribution in [-0.2, 0) is 11.0 Å². The minimum Gasteiger partial charge on any atom is -0.491 e. The molecule has 0 saturated heterocycles. The number of anilines is 1. The van der Waals surface area contributed by atoms with Crippen LogP contribution in [0.1, 0.15) is 55.5 Å². The van der Waals surface area contributed by atoms with Gasteiger partial charge in [0.2, 0.25) is 0 Å². The van der Waals surface area contributed by atoms with Gasteiger partial charge in [-0.3, -0.25) is 9.59 Å². The molecule has 11 heteroatoms. The van der Waals surface area contributed by atoms with Crippen LogP contribution in [0, 0.1) is 17.6 Å². The summed E-state index contributed by atoms with van der Waals surface area (Å²) in [5.41, 5.74) is -0.676. The van der Waals surface area contributed by atoms with E-state index < -0.39 is 39.9 Å². The minimum absolute atomic E-state index is 0.0350. The Morgan fingerprint density at radius 2 is 1.61 bits per heavy atom. The molecular weight excluding hydrogens is 569 g/mol. The van der Waals surface area contributed by atoms with E-state index in [1.54, 1.807) is 24.3 Å². The van der Waals surface area contributed by atoms with Gasteiger partial charge in [-0.1, -0.05) is 31.5 Å². The van der Waals surface area contributed by atoms with E-state index in [0.29, 0.717) is 29.8 Å². The van der Waals surface area contributed by atoms with E-state index in [2.05, 4.69) is 5.32 Å². The molecule has 3 aromatic rings. The number of aliphatic carboxylic acids is 1. The Balaban J connectivity index is 1.70. The summed E-state index contributed by atoms with van der Waals surface area (Å²) >= 11 is 5.93. The fourth-order valence-electron chi connectivity index (χ4n) is 4.25. The predicted molar refractivity (Wildman–Crippen MR) is 146 cm³/mol. The van der Waals surface area contributed by atoms with Crippen LogP contribution < -0.4 is 10.1 Å². The van der Waals surface area contributed by atoms with Crippen molar-refractivity contribution in [2.45, 2.75) is 51.7 Å². The number of carboxylic acid groups (broad SMARTS) is 1. The number of alkyl halides is 3. The monoisotopic (exact) mass is 597 g/mol. The molecule has 0 aliphatic heterocycles. The van der Waals surface area contributed by atoms with Crippen molar-refractivity contribution < 1.29 is 41.4 Å². The van der Waals surface area contributed by atoms with Gasteiger partial charge in [0.1, 0.15) is 24.0 Å². The van der Waals surface area contributed by atoms with Gasteiger partial charge in [-0.05, 0) is 55.2 Å². The first-order valence-corrected chi connectivity index (χ1v) is 13.2. The average Bonchev–Trinajstić information content (AvgIpc) is 2.87. The van der Waals surface area contributed by atoms with Crippen molar-refractivity contribution in [1.29, 1.82) is 0 Å². The van der Waals surface area contributed by atoms with Gasteiger partial charge in [0.25, 0.3) is 0 Å². The SMILES string of the molecule is CC(C)C[C@@H](COc1cc(F)c(-c2ccc(C(F)(F)F)cc2Cl)c(F)c1)Nc1ccc(C(=O)CCCC(=O)O)cc1. The highest BCUT2D eigenvalue weighted by atomic mass is 35.5. The molecule has 3 aromatic carbocycles. The van der Waals surface area contributed by atoms with Crippen molar-refractivity contribution >= 4 is 29.0 Å². The molecule has 0 radical (unpaired) electrons. The summed E-state index contributed by atoms with van der Waals surface area (Å²) in [6, 6.07) is 10.5. The summed E-state index contributed by atoms with van der Waals surface area (Å²) < 4.78 is 74.4. The standard InChI is InChI=1S/C30H29ClF5NO4/c1-17(2)12-21(37-20-9-6-18(7-10-20)27(38)4-3-5-28(39)40)16-41-22-14-25(32)29(26(33)15-22)23-11-8-19(13-24(23)31)30(34,35)36/h6-11,13-15,17,21,37H,3-5,12,16H2,1-2H3,(H,39,40)/t21-/m0/s1. The summed E-state index contributed by atoms with van der Waals surface area (Å²) in [7, 11) is 0. The van der Waals surface area contributed by atoms with Crippen LogP contribution in [0.2, 0.25) is 5.02 Å². The lowest BCUT2D eigenvalue weighted by molar-refractivity contribution is -0.138. The number of halogens is 6. The lowest BCUT2D eigenvalue weighted by atomic mass is 10.0. The van der Waals surface area contributed by atoms with Gasteiger partial charge in [-0.25, -0.2) is 8.78 Å². The van der Waals surface area contributed by atoms with Crippen molar-refractivity contribution in [3.8, 4) is 16.9 Å². The Morgan fingerprint density at radius 3 is 2.15 bits per heavy atom. The van der Waals surface area contributed by atoms with E-state index in [4.69, 9.17) is 21.4 Å². The number of carboxylic acids is 1. The van der Waals surface area contributed by atoms with Crippen LogP contribution in [0.4, 0.5) is 27.6 Å². The van der Waals surface area contributed by atoms with Crippen LogP contribution in [0.25, 0.3) is 11.1 Å². The Hall–Kier alpha value is -3.66. The Bertz CT molecular complexity index is 1350. The molecule has 0 bridgehead atoms. The van der Waals surface area contributed by atoms with Gasteiger partial charge in [0, 0.05) is 46.8 Å². The number of nitrogens with one attached hydrogen (secondary N) is 1. The number of rotatable bonds is 13. The van der Waals surface area contributed by atoms with Gasteiger partial charge in [-0.15, -0.1) is 0 Å². The molecule has 0 unspecified atom stereocenters. The Kier molecular flexibility index (Phi) is 10.7. The van der Waals surface area contributed by atoms with E-state index in [1.165, 1.54) is 0 Å². The molecular formula is C30H29ClF5NO4. The first kappa shape index (κ1) is 31.9. The molecule has 0 heterocycles. The van der Waals surface area contributed by atoms with Crippen molar-refractivity contribution in [2.75, 3.05) is 11.9 Å². The summed E-state index contributed by atoms with van der Waals surface area (Å²) in [5.74, 6) is -3.07. The maximum atomic E-state index is 14.9. The van der Waals surface area contributed by atoms with Gasteiger partial charge >= 0.3 is 12.1 Å². The number of carbonyl (C=O) groups is 2. The minimum atomic E-state index is -4.65. The maximum absolute atomic E-state index is 14.9. The van der Waals surface area contributed by atoms with Crippen LogP contribution >= 0.6 is 11.6 Å². The predicted octanol–water partition coefficient (Wildman–Crippen LogP) is 8.65. The molecule has 3 rings (SSSR count). The van der Waals surface area contributed by atoms with E-state index >= 15 is 0 Å². The first-order valence-electron chi connectivity index (χ1n) is 12.8. The van der Waals surface area contributed by atoms with Crippen LogP contribution in [-0.4, -0.2) is 29.5 Å². The van der Waals surface area contributed by atoms with Crippen molar-refractivity contribution in [3.05, 3.63) is 82.4 Å². The summed E-state index contributed by atoms with van der Waals surface area (Å²) in [6.07, 6.45) is -3.72. The zero-order chi connectivity index (χ0) is 30.3. The van der Waals surface area contributed by atoms with Crippen molar-refractivity contribution in [2.24, 2.45) is 5.92 Å². The van der Waals surface area contributed by atoms with Crippen molar-refractivity contribution in [3.63, 3.8) is 0 Å². The third-order valence-electron chi connectivity index (χ3n) is 6.16. The highest BCUT2D eigenvalue weighted by Gasteiger charge is 2.31. The fraction of sp³-hybridized carbons (Fsp3) is 0.333. The van der Waals surface area contributed by atoms with E-state index in [0.717, 1.165) is 18.2 Å². The highest BCUT2D eigenvalue weighted by molar-refractivity contribution is 6.33. The van der Waals surface area contributed by atoms with Crippen LogP contribution in [0.15, 0.2) is 54.6 Å². The summed E-state index contributed by atoms with van der Waals surface area (Å²) in [4.78, 5) is 22.9. The van der Waals surface area contributed by atoms with Crippen LogP contribution in [0.5, 0.6) is 5.75 Å². The average molecular weight is 598 g/mol. The molecule has 220 valence electrons. The summed E-state index contributed by atoms with van der Waals surface area (Å²) in [6.45, 7) is 4.03. The van der Waals surface area contributed by atoms with Crippen LogP contribution in [0.3, 0.4) is 0 Å².